The van der Waals surface area contributed by atoms with E-state index in [4.69, 9.17) is 0 Å². The van der Waals surface area contributed by atoms with Gasteiger partial charge in [0.25, 0.3) is 0 Å². The number of likely N-dealkylation sites (N-methyl/N-ethyl adjacent to an activating group) is 1. The van der Waals surface area contributed by atoms with E-state index in [9.17, 15) is 0 Å². The van der Waals surface area contributed by atoms with Crippen LogP contribution in [0, 0.1) is 5.92 Å². The summed E-state index contributed by atoms with van der Waals surface area (Å²) < 4.78 is 0. The maximum absolute atomic E-state index is 3.64. The van der Waals surface area contributed by atoms with Crippen molar-refractivity contribution in [2.24, 2.45) is 5.92 Å². The molecule has 0 unspecified atom stereocenters. The number of hydrogen-bond acceptors (Lipinski definition) is 2. The zero-order valence-corrected chi connectivity index (χ0v) is 10.9. The summed E-state index contributed by atoms with van der Waals surface area (Å²) in [5.74, 6) is 0.983. The molecule has 2 saturated carbocycles. The third kappa shape index (κ3) is 3.74. The van der Waals surface area contributed by atoms with E-state index in [1.165, 1.54) is 71.0 Å². The standard InChI is InChI=1S/C14H28N2/c1-16(14-8-4-5-9-14)11-10-15-12-13-6-2-3-7-13/h13-15H,2-12H2,1H3. The Hall–Kier alpha value is -0.0800. The van der Waals surface area contributed by atoms with Crippen LogP contribution in [0.2, 0.25) is 0 Å². The first-order chi connectivity index (χ1) is 7.86. The van der Waals surface area contributed by atoms with Crippen LogP contribution in [0.3, 0.4) is 0 Å². The molecule has 0 spiro atoms. The van der Waals surface area contributed by atoms with Crippen LogP contribution in [-0.2, 0) is 0 Å². The molecule has 0 saturated heterocycles. The van der Waals surface area contributed by atoms with E-state index in [1.807, 2.05) is 0 Å². The van der Waals surface area contributed by atoms with Crippen molar-refractivity contribution in [2.75, 3.05) is 26.7 Å². The highest BCUT2D eigenvalue weighted by atomic mass is 15.1. The minimum atomic E-state index is 0.883. The van der Waals surface area contributed by atoms with Gasteiger partial charge in [0.2, 0.25) is 0 Å². The molecule has 0 aliphatic heterocycles. The summed E-state index contributed by atoms with van der Waals surface area (Å²) in [5.41, 5.74) is 0. The second-order valence-corrected chi connectivity index (χ2v) is 5.77. The lowest BCUT2D eigenvalue weighted by Gasteiger charge is -2.24. The van der Waals surface area contributed by atoms with Crippen molar-refractivity contribution in [3.05, 3.63) is 0 Å². The molecule has 2 aliphatic rings. The lowest BCUT2D eigenvalue weighted by Crippen LogP contribution is -2.36. The highest BCUT2D eigenvalue weighted by molar-refractivity contribution is 4.76. The zero-order valence-electron chi connectivity index (χ0n) is 10.9. The third-order valence-corrected chi connectivity index (χ3v) is 4.50. The van der Waals surface area contributed by atoms with Gasteiger partial charge in [0.1, 0.15) is 0 Å². The van der Waals surface area contributed by atoms with Gasteiger partial charge in [-0.1, -0.05) is 25.7 Å². The molecule has 94 valence electrons. The molecule has 0 amide bonds. The minimum Gasteiger partial charge on any atom is -0.315 e. The minimum absolute atomic E-state index is 0.883. The van der Waals surface area contributed by atoms with Gasteiger partial charge in [-0.15, -0.1) is 0 Å². The molecule has 2 aliphatic carbocycles. The van der Waals surface area contributed by atoms with Gasteiger partial charge in [0.05, 0.1) is 0 Å². The largest absolute Gasteiger partial charge is 0.315 e. The summed E-state index contributed by atoms with van der Waals surface area (Å²) in [5, 5.41) is 3.64. The van der Waals surface area contributed by atoms with E-state index in [1.54, 1.807) is 0 Å². The van der Waals surface area contributed by atoms with Crippen LogP contribution in [-0.4, -0.2) is 37.6 Å². The first-order valence-corrected chi connectivity index (χ1v) is 7.27. The average Bonchev–Trinajstić information content (AvgIpc) is 2.96. The van der Waals surface area contributed by atoms with Crippen molar-refractivity contribution in [3.63, 3.8) is 0 Å². The van der Waals surface area contributed by atoms with E-state index in [0.29, 0.717) is 0 Å². The summed E-state index contributed by atoms with van der Waals surface area (Å²) >= 11 is 0. The van der Waals surface area contributed by atoms with Gasteiger partial charge in [-0.2, -0.15) is 0 Å². The van der Waals surface area contributed by atoms with Gasteiger partial charge < -0.3 is 10.2 Å². The molecule has 0 radical (unpaired) electrons. The van der Waals surface area contributed by atoms with Crippen molar-refractivity contribution in [1.29, 1.82) is 0 Å². The molecule has 2 rings (SSSR count). The van der Waals surface area contributed by atoms with E-state index in [0.717, 1.165) is 12.0 Å². The number of nitrogens with one attached hydrogen (secondary N) is 1. The third-order valence-electron chi connectivity index (χ3n) is 4.50. The topological polar surface area (TPSA) is 15.3 Å². The summed E-state index contributed by atoms with van der Waals surface area (Å²) in [6.45, 7) is 3.68. The fourth-order valence-electron chi connectivity index (χ4n) is 3.30. The fraction of sp³-hybridized carbons (Fsp3) is 1.00. The van der Waals surface area contributed by atoms with Gasteiger partial charge in [-0.25, -0.2) is 0 Å². The van der Waals surface area contributed by atoms with Gasteiger partial charge in [-0.3, -0.25) is 0 Å². The molecular weight excluding hydrogens is 196 g/mol. The Morgan fingerprint density at radius 1 is 1.00 bits per heavy atom. The van der Waals surface area contributed by atoms with Crippen molar-refractivity contribution >= 4 is 0 Å². The maximum Gasteiger partial charge on any atom is 0.0107 e. The van der Waals surface area contributed by atoms with E-state index >= 15 is 0 Å². The Balaban J connectivity index is 1.50. The Kier molecular flexibility index (Phi) is 5.11. The molecular formula is C14H28N2. The highest BCUT2D eigenvalue weighted by Gasteiger charge is 2.19. The molecule has 2 heteroatoms. The molecule has 0 atom stereocenters. The maximum atomic E-state index is 3.64. The predicted molar refractivity (Wildman–Crippen MR) is 69.7 cm³/mol. The average molecular weight is 224 g/mol. The van der Waals surface area contributed by atoms with Crippen LogP contribution >= 0.6 is 0 Å². The smallest absolute Gasteiger partial charge is 0.0107 e. The van der Waals surface area contributed by atoms with Gasteiger partial charge in [0, 0.05) is 19.1 Å². The van der Waals surface area contributed by atoms with Crippen molar-refractivity contribution in [2.45, 2.75) is 57.4 Å². The van der Waals surface area contributed by atoms with E-state index < -0.39 is 0 Å². The monoisotopic (exact) mass is 224 g/mol. The fourth-order valence-corrected chi connectivity index (χ4v) is 3.30. The SMILES string of the molecule is CN(CCNCC1CCCC1)C1CCCC1. The molecule has 1 N–H and O–H groups in total. The van der Waals surface area contributed by atoms with Gasteiger partial charge >= 0.3 is 0 Å². The normalized spacial score (nSPS) is 23.6. The van der Waals surface area contributed by atoms with Crippen molar-refractivity contribution in [3.8, 4) is 0 Å². The number of hydrogen-bond donors (Lipinski definition) is 1. The summed E-state index contributed by atoms with van der Waals surface area (Å²) in [7, 11) is 2.30. The molecule has 0 heterocycles. The second kappa shape index (κ2) is 6.61. The lowest BCUT2D eigenvalue weighted by molar-refractivity contribution is 0.244. The quantitative estimate of drug-likeness (QED) is 0.698. The molecule has 0 aromatic carbocycles. The van der Waals surface area contributed by atoms with Crippen LogP contribution in [0.5, 0.6) is 0 Å². The Bertz CT molecular complexity index is 181. The number of nitrogens with zero attached hydrogens (tertiary/aromatic N) is 1. The molecule has 0 aromatic heterocycles. The van der Waals surface area contributed by atoms with Crippen LogP contribution in [0.1, 0.15) is 51.4 Å². The van der Waals surface area contributed by atoms with Crippen LogP contribution in [0.25, 0.3) is 0 Å². The van der Waals surface area contributed by atoms with Crippen LogP contribution < -0.4 is 5.32 Å². The van der Waals surface area contributed by atoms with Crippen LogP contribution in [0.15, 0.2) is 0 Å². The van der Waals surface area contributed by atoms with Gasteiger partial charge in [0.15, 0.2) is 0 Å². The summed E-state index contributed by atoms with van der Waals surface area (Å²) in [4.78, 5) is 2.56. The van der Waals surface area contributed by atoms with E-state index in [-0.39, 0.29) is 0 Å². The Morgan fingerprint density at radius 2 is 1.62 bits per heavy atom. The predicted octanol–water partition coefficient (Wildman–Crippen LogP) is 2.64. The molecule has 2 fully saturated rings. The Morgan fingerprint density at radius 3 is 2.31 bits per heavy atom. The molecule has 2 nitrogen and oxygen atoms in total. The van der Waals surface area contributed by atoms with Crippen molar-refractivity contribution in [1.82, 2.24) is 10.2 Å². The number of rotatable bonds is 6. The summed E-state index contributed by atoms with van der Waals surface area (Å²) in [6.07, 6.45) is 11.6. The van der Waals surface area contributed by atoms with Crippen molar-refractivity contribution < 1.29 is 0 Å². The molecule has 0 bridgehead atoms. The Labute approximate surface area is 101 Å². The van der Waals surface area contributed by atoms with E-state index in [2.05, 4.69) is 17.3 Å². The van der Waals surface area contributed by atoms with Gasteiger partial charge in [-0.05, 0) is 45.2 Å². The second-order valence-electron chi connectivity index (χ2n) is 5.77. The lowest BCUT2D eigenvalue weighted by atomic mass is 10.1. The first-order valence-electron chi connectivity index (χ1n) is 7.27. The zero-order chi connectivity index (χ0) is 11.2. The summed E-state index contributed by atoms with van der Waals surface area (Å²) in [6, 6.07) is 0.883. The highest BCUT2D eigenvalue weighted by Crippen LogP contribution is 2.24. The first kappa shape index (κ1) is 12.4. The molecule has 0 aromatic rings. The van der Waals surface area contributed by atoms with Crippen LogP contribution in [0.4, 0.5) is 0 Å². The molecule has 16 heavy (non-hydrogen) atoms.